The first-order valence-electron chi connectivity index (χ1n) is 10.2. The van der Waals surface area contributed by atoms with E-state index in [2.05, 4.69) is 5.16 Å². The fourth-order valence-electron chi connectivity index (χ4n) is 3.76. The number of aliphatic carboxylic acids is 1. The molecule has 0 bridgehead atoms. The van der Waals surface area contributed by atoms with Gasteiger partial charge < -0.3 is 9.63 Å². The fraction of sp³-hybridized carbons (Fsp3) is 0.261. The van der Waals surface area contributed by atoms with Crippen LogP contribution in [0.5, 0.6) is 0 Å². The number of hydrogen-bond acceptors (Lipinski definition) is 5. The van der Waals surface area contributed by atoms with Crippen molar-refractivity contribution in [1.29, 1.82) is 0 Å². The van der Waals surface area contributed by atoms with Crippen molar-refractivity contribution in [3.05, 3.63) is 77.5 Å². The molecule has 32 heavy (non-hydrogen) atoms. The largest absolute Gasteiger partial charge is 0.481 e. The minimum atomic E-state index is -0.905. The van der Waals surface area contributed by atoms with Crippen LogP contribution in [0.25, 0.3) is 11.3 Å². The number of hydrogen-bond donors (Lipinski definition) is 1. The Morgan fingerprint density at radius 1 is 1.16 bits per heavy atom. The van der Waals surface area contributed by atoms with Gasteiger partial charge >= 0.3 is 5.97 Å². The molecule has 166 valence electrons. The molecule has 1 N–H and O–H groups in total. The van der Waals surface area contributed by atoms with E-state index in [4.69, 9.17) is 4.52 Å². The number of hydrazine groups is 1. The van der Waals surface area contributed by atoms with Crippen LogP contribution < -0.4 is 0 Å². The van der Waals surface area contributed by atoms with Gasteiger partial charge in [0.25, 0.3) is 5.91 Å². The van der Waals surface area contributed by atoms with Crippen LogP contribution in [0.15, 0.2) is 59.1 Å². The summed E-state index contributed by atoms with van der Waals surface area (Å²) in [7, 11) is 0. The van der Waals surface area contributed by atoms with Gasteiger partial charge in [-0.2, -0.15) is 0 Å². The number of carboxylic acids is 1. The minimum Gasteiger partial charge on any atom is -0.481 e. The van der Waals surface area contributed by atoms with Crippen molar-refractivity contribution >= 4 is 11.9 Å². The van der Waals surface area contributed by atoms with Crippen molar-refractivity contribution in [2.75, 3.05) is 13.1 Å². The highest BCUT2D eigenvalue weighted by Crippen LogP contribution is 2.26. The van der Waals surface area contributed by atoms with Gasteiger partial charge in [0, 0.05) is 25.2 Å². The quantitative estimate of drug-likeness (QED) is 0.623. The van der Waals surface area contributed by atoms with Crippen molar-refractivity contribution in [2.45, 2.75) is 19.4 Å². The van der Waals surface area contributed by atoms with Crippen LogP contribution in [0.2, 0.25) is 0 Å². The average molecular weight is 441 g/mol. The lowest BCUT2D eigenvalue weighted by molar-refractivity contribution is -0.146. The highest BCUT2D eigenvalue weighted by molar-refractivity contribution is 5.92. The second-order valence-corrected chi connectivity index (χ2v) is 7.64. The van der Waals surface area contributed by atoms with E-state index in [1.54, 1.807) is 5.01 Å². The smallest absolute Gasteiger partial charge is 0.307 e. The van der Waals surface area contributed by atoms with Crippen LogP contribution in [0.1, 0.15) is 28.9 Å². The molecule has 0 saturated carbocycles. The number of amides is 1. The van der Waals surface area contributed by atoms with Gasteiger partial charge in [0.15, 0.2) is 11.5 Å². The Balaban J connectivity index is 1.62. The zero-order valence-electron chi connectivity index (χ0n) is 17.1. The van der Waals surface area contributed by atoms with Crippen molar-refractivity contribution < 1.29 is 28.0 Å². The second kappa shape index (κ2) is 9.27. The molecule has 1 atom stereocenters. The maximum Gasteiger partial charge on any atom is 0.307 e. The predicted octanol–water partition coefficient (Wildman–Crippen LogP) is 3.97. The summed E-state index contributed by atoms with van der Waals surface area (Å²) in [5.74, 6) is -3.56. The lowest BCUT2D eigenvalue weighted by Gasteiger charge is -2.39. The standard InChI is InChI=1S/C23H21F2N3O4/c24-17-8-9-18(19(25)11-17)21-12-20(26-32-21)22(29)28(13-15-5-2-1-3-6-15)27-10-4-7-16(14-27)23(30)31/h1-3,5-6,8-9,11-12,16H,4,7,10,13-14H2,(H,30,31)/t16-/m0/s1. The normalized spacial score (nSPS) is 16.6. The molecule has 0 spiro atoms. The SMILES string of the molecule is O=C(O)[C@H]1CCCN(N(Cc2ccccc2)C(=O)c2cc(-c3ccc(F)cc3F)on2)C1. The third-order valence-corrected chi connectivity index (χ3v) is 5.43. The molecular formula is C23H21F2N3O4. The topological polar surface area (TPSA) is 86.9 Å². The molecule has 1 fully saturated rings. The molecule has 0 unspecified atom stereocenters. The Morgan fingerprint density at radius 3 is 2.66 bits per heavy atom. The number of halogens is 2. The van der Waals surface area contributed by atoms with E-state index in [0.717, 1.165) is 17.7 Å². The molecule has 2 aromatic carbocycles. The van der Waals surface area contributed by atoms with Crippen LogP contribution in [-0.4, -0.2) is 45.2 Å². The molecule has 1 aliphatic rings. The minimum absolute atomic E-state index is 0.00688. The lowest BCUT2D eigenvalue weighted by Crippen LogP contribution is -2.51. The van der Waals surface area contributed by atoms with E-state index in [9.17, 15) is 23.5 Å². The summed E-state index contributed by atoms with van der Waals surface area (Å²) >= 11 is 0. The molecule has 7 nitrogen and oxygen atoms in total. The summed E-state index contributed by atoms with van der Waals surface area (Å²) in [5, 5.41) is 16.4. The Bertz CT molecular complexity index is 1120. The van der Waals surface area contributed by atoms with Crippen LogP contribution in [0, 0.1) is 17.6 Å². The lowest BCUT2D eigenvalue weighted by atomic mass is 9.99. The summed E-state index contributed by atoms with van der Waals surface area (Å²) in [6.45, 7) is 0.907. The molecule has 3 aromatic rings. The van der Waals surface area contributed by atoms with E-state index in [1.165, 1.54) is 17.1 Å². The first-order valence-corrected chi connectivity index (χ1v) is 10.2. The van der Waals surface area contributed by atoms with Crippen LogP contribution in [-0.2, 0) is 11.3 Å². The van der Waals surface area contributed by atoms with Gasteiger partial charge in [-0.15, -0.1) is 0 Å². The van der Waals surface area contributed by atoms with E-state index in [0.29, 0.717) is 19.4 Å². The molecule has 2 heterocycles. The number of carboxylic acid groups (broad SMARTS) is 1. The Hall–Kier alpha value is -3.59. The van der Waals surface area contributed by atoms with Gasteiger partial charge in [0.1, 0.15) is 11.6 Å². The van der Waals surface area contributed by atoms with Gasteiger partial charge in [-0.3, -0.25) is 14.6 Å². The first kappa shape index (κ1) is 21.6. The third-order valence-electron chi connectivity index (χ3n) is 5.43. The number of carbonyl (C=O) groups excluding carboxylic acids is 1. The van der Waals surface area contributed by atoms with E-state index in [-0.39, 0.29) is 30.1 Å². The number of nitrogens with zero attached hydrogens (tertiary/aromatic N) is 3. The third kappa shape index (κ3) is 4.67. The summed E-state index contributed by atoms with van der Waals surface area (Å²) in [6, 6.07) is 13.6. The van der Waals surface area contributed by atoms with Gasteiger partial charge in [0.2, 0.25) is 0 Å². The molecule has 1 aromatic heterocycles. The van der Waals surface area contributed by atoms with Gasteiger partial charge in [-0.1, -0.05) is 35.5 Å². The number of rotatable bonds is 6. The summed E-state index contributed by atoms with van der Waals surface area (Å²) in [4.78, 5) is 24.9. The molecule has 0 aliphatic carbocycles. The number of carbonyl (C=O) groups is 2. The molecule has 1 amide bonds. The van der Waals surface area contributed by atoms with Crippen LogP contribution in [0.3, 0.4) is 0 Å². The Kier molecular flexibility index (Phi) is 6.27. The Labute approximate surface area is 182 Å². The summed E-state index contributed by atoms with van der Waals surface area (Å²) < 4.78 is 32.5. The number of piperidine rings is 1. The fourth-order valence-corrected chi connectivity index (χ4v) is 3.76. The van der Waals surface area contributed by atoms with Crippen molar-refractivity contribution in [3.63, 3.8) is 0 Å². The van der Waals surface area contributed by atoms with Crippen molar-refractivity contribution in [3.8, 4) is 11.3 Å². The number of aromatic nitrogens is 1. The van der Waals surface area contributed by atoms with Gasteiger partial charge in [0.05, 0.1) is 18.0 Å². The van der Waals surface area contributed by atoms with E-state index < -0.39 is 29.4 Å². The van der Waals surface area contributed by atoms with Crippen molar-refractivity contribution in [1.82, 2.24) is 15.2 Å². The molecule has 1 aliphatic heterocycles. The highest BCUT2D eigenvalue weighted by Gasteiger charge is 2.32. The molecule has 9 heteroatoms. The van der Waals surface area contributed by atoms with Crippen LogP contribution in [0.4, 0.5) is 8.78 Å². The molecule has 4 rings (SSSR count). The summed E-state index contributed by atoms with van der Waals surface area (Å²) in [5.41, 5.74) is 0.778. The maximum atomic E-state index is 14.1. The molecule has 0 radical (unpaired) electrons. The van der Waals surface area contributed by atoms with Crippen molar-refractivity contribution in [2.24, 2.45) is 5.92 Å². The molecular weight excluding hydrogens is 420 g/mol. The summed E-state index contributed by atoms with van der Waals surface area (Å²) in [6.07, 6.45) is 1.16. The highest BCUT2D eigenvalue weighted by atomic mass is 19.1. The Morgan fingerprint density at radius 2 is 1.94 bits per heavy atom. The van der Waals surface area contributed by atoms with E-state index >= 15 is 0 Å². The predicted molar refractivity (Wildman–Crippen MR) is 110 cm³/mol. The second-order valence-electron chi connectivity index (χ2n) is 7.64. The van der Waals surface area contributed by atoms with Crippen LogP contribution >= 0.6 is 0 Å². The van der Waals surface area contributed by atoms with E-state index in [1.807, 2.05) is 30.3 Å². The average Bonchev–Trinajstić information content (AvgIpc) is 3.28. The maximum absolute atomic E-state index is 14.1. The molecule has 1 saturated heterocycles. The zero-order chi connectivity index (χ0) is 22.7. The van der Waals surface area contributed by atoms with Gasteiger partial charge in [-0.05, 0) is 30.5 Å². The monoisotopic (exact) mass is 441 g/mol. The first-order chi connectivity index (χ1) is 15.4. The van der Waals surface area contributed by atoms with Gasteiger partial charge in [-0.25, -0.2) is 13.8 Å². The number of benzene rings is 2. The zero-order valence-corrected chi connectivity index (χ0v) is 17.1.